The van der Waals surface area contributed by atoms with Crippen molar-refractivity contribution in [3.05, 3.63) is 120 Å². The maximum Gasteiger partial charge on any atom is 0.150 e. The van der Waals surface area contributed by atoms with Crippen LogP contribution in [0.25, 0.3) is 39.2 Å². The van der Waals surface area contributed by atoms with Crippen LogP contribution in [0.15, 0.2) is 109 Å². The monoisotopic (exact) mass is 428 g/mol. The molecule has 5 rings (SSSR count). The first-order valence-electron chi connectivity index (χ1n) is 11.2. The second-order valence-electron chi connectivity index (χ2n) is 7.93. The van der Waals surface area contributed by atoms with Crippen molar-refractivity contribution in [2.24, 2.45) is 0 Å². The van der Waals surface area contributed by atoms with Crippen LogP contribution >= 0.6 is 0 Å². The highest BCUT2D eigenvalue weighted by atomic mass is 16.1. The van der Waals surface area contributed by atoms with Gasteiger partial charge in [-0.3, -0.25) is 4.79 Å². The number of aromatic nitrogens is 2. The lowest BCUT2D eigenvalue weighted by molar-refractivity contribution is 0.112. The van der Waals surface area contributed by atoms with E-state index in [9.17, 15) is 4.79 Å². The lowest BCUT2D eigenvalue weighted by Gasteiger charge is -2.13. The molecule has 0 aliphatic rings. The number of rotatable bonds is 6. The van der Waals surface area contributed by atoms with Gasteiger partial charge in [-0.1, -0.05) is 104 Å². The van der Waals surface area contributed by atoms with E-state index in [1.165, 1.54) is 0 Å². The Morgan fingerprint density at radius 1 is 0.727 bits per heavy atom. The molecule has 0 amide bonds. The molecule has 0 radical (unpaired) electrons. The van der Waals surface area contributed by atoms with E-state index in [0.29, 0.717) is 5.56 Å². The lowest BCUT2D eigenvalue weighted by atomic mass is 9.97. The van der Waals surface area contributed by atoms with E-state index < -0.39 is 0 Å². The second kappa shape index (κ2) is 9.09. The summed E-state index contributed by atoms with van der Waals surface area (Å²) in [4.78, 5) is 11.4. The predicted molar refractivity (Wildman–Crippen MR) is 135 cm³/mol. The van der Waals surface area contributed by atoms with E-state index in [1.54, 1.807) is 0 Å². The molecule has 0 saturated carbocycles. The molecule has 0 aliphatic heterocycles. The van der Waals surface area contributed by atoms with E-state index in [1.807, 2.05) is 60.7 Å². The molecule has 3 heteroatoms. The Balaban J connectivity index is 1.79. The maximum absolute atomic E-state index is 11.4. The van der Waals surface area contributed by atoms with Crippen LogP contribution in [0.3, 0.4) is 0 Å². The summed E-state index contributed by atoms with van der Waals surface area (Å²) in [5, 5.41) is 5.17. The number of carbonyl (C=O) groups is 1. The lowest BCUT2D eigenvalue weighted by Crippen LogP contribution is -2.04. The molecule has 0 N–H and O–H groups in total. The van der Waals surface area contributed by atoms with Gasteiger partial charge in [0.05, 0.1) is 11.4 Å². The molecule has 0 bridgehead atoms. The van der Waals surface area contributed by atoms with Crippen molar-refractivity contribution in [2.75, 3.05) is 0 Å². The van der Waals surface area contributed by atoms with Crippen LogP contribution in [0.1, 0.15) is 23.0 Å². The summed E-state index contributed by atoms with van der Waals surface area (Å²) in [5.74, 6) is 0. The molecule has 0 unspecified atom stereocenters. The Labute approximate surface area is 194 Å². The van der Waals surface area contributed by atoms with Crippen molar-refractivity contribution >= 4 is 6.29 Å². The van der Waals surface area contributed by atoms with Crippen molar-refractivity contribution in [3.8, 4) is 39.2 Å². The molecule has 160 valence electrons. The quantitative estimate of drug-likeness (QED) is 0.267. The largest absolute Gasteiger partial charge is 0.298 e. The highest BCUT2D eigenvalue weighted by Crippen LogP contribution is 2.38. The summed E-state index contributed by atoms with van der Waals surface area (Å²) in [7, 11) is 0. The highest BCUT2D eigenvalue weighted by Gasteiger charge is 2.21. The summed E-state index contributed by atoms with van der Waals surface area (Å²) in [6.45, 7) is 2.17. The molecule has 3 nitrogen and oxygen atoms in total. The third-order valence-corrected chi connectivity index (χ3v) is 5.89. The van der Waals surface area contributed by atoms with Crippen LogP contribution in [0.5, 0.6) is 0 Å². The molecule has 0 aliphatic carbocycles. The number of para-hydroxylation sites is 1. The Morgan fingerprint density at radius 3 is 2.06 bits per heavy atom. The first kappa shape index (κ1) is 20.7. The molecule has 0 spiro atoms. The summed E-state index contributed by atoms with van der Waals surface area (Å²) < 4.78 is 2.08. The Morgan fingerprint density at radius 2 is 1.36 bits per heavy atom. The van der Waals surface area contributed by atoms with Crippen molar-refractivity contribution in [2.45, 2.75) is 13.3 Å². The van der Waals surface area contributed by atoms with Gasteiger partial charge in [-0.25, -0.2) is 4.68 Å². The average molecular weight is 429 g/mol. The highest BCUT2D eigenvalue weighted by molar-refractivity contribution is 5.85. The first-order valence-corrected chi connectivity index (χ1v) is 11.2. The molecular weight excluding hydrogens is 404 g/mol. The minimum absolute atomic E-state index is 0.661. The van der Waals surface area contributed by atoms with Gasteiger partial charge in [0.1, 0.15) is 12.0 Å². The number of nitrogens with zero attached hydrogens (tertiary/aromatic N) is 2. The van der Waals surface area contributed by atoms with Gasteiger partial charge in [-0.2, -0.15) is 5.10 Å². The number of carbonyl (C=O) groups excluding carboxylic acids is 1. The maximum atomic E-state index is 11.4. The topological polar surface area (TPSA) is 34.9 Å². The van der Waals surface area contributed by atoms with E-state index in [4.69, 9.17) is 5.10 Å². The molecule has 1 aromatic heterocycles. The van der Waals surface area contributed by atoms with Crippen molar-refractivity contribution in [3.63, 3.8) is 0 Å². The minimum atomic E-state index is 0.661. The number of hydrogen-bond acceptors (Lipinski definition) is 2. The van der Waals surface area contributed by atoms with E-state index in [-0.39, 0.29) is 0 Å². The van der Waals surface area contributed by atoms with Gasteiger partial charge < -0.3 is 0 Å². The fraction of sp³-hybridized carbons (Fsp3) is 0.0667. The Kier molecular flexibility index (Phi) is 5.69. The SMILES string of the molecule is CCc1c(-c2ccccc2)c(-c2ccccc2)nn1-c1ccccc1-c1cccc(C=O)c1. The van der Waals surface area contributed by atoms with Gasteiger partial charge in [0.25, 0.3) is 0 Å². The molecule has 0 fully saturated rings. The van der Waals surface area contributed by atoms with Crippen LogP contribution < -0.4 is 0 Å². The molecule has 5 aromatic rings. The van der Waals surface area contributed by atoms with Gasteiger partial charge in [-0.15, -0.1) is 0 Å². The molecule has 1 heterocycles. The number of hydrogen-bond donors (Lipinski definition) is 0. The van der Waals surface area contributed by atoms with E-state index in [0.717, 1.165) is 57.6 Å². The van der Waals surface area contributed by atoms with E-state index in [2.05, 4.69) is 60.1 Å². The second-order valence-corrected chi connectivity index (χ2v) is 7.93. The summed E-state index contributed by atoms with van der Waals surface area (Å²) in [6, 6.07) is 36.8. The van der Waals surface area contributed by atoms with Crippen molar-refractivity contribution in [1.82, 2.24) is 9.78 Å². The normalized spacial score (nSPS) is 10.8. The zero-order chi connectivity index (χ0) is 22.6. The Hall–Kier alpha value is -4.24. The number of benzene rings is 4. The standard InChI is InChI=1S/C30H24N2O/c1-2-27-29(23-13-5-3-6-14-23)30(24-15-7-4-8-16-24)31-32(27)28-19-10-9-18-26(28)25-17-11-12-22(20-25)21-33/h3-21H,2H2,1H3. The predicted octanol–water partition coefficient (Wildman–Crippen LogP) is 7.25. The minimum Gasteiger partial charge on any atom is -0.298 e. The number of aldehydes is 1. The molecule has 0 atom stereocenters. The third-order valence-electron chi connectivity index (χ3n) is 5.89. The van der Waals surface area contributed by atoms with Crippen LogP contribution in [-0.4, -0.2) is 16.1 Å². The van der Waals surface area contributed by atoms with E-state index >= 15 is 0 Å². The summed E-state index contributed by atoms with van der Waals surface area (Å²) in [6.07, 6.45) is 1.71. The van der Waals surface area contributed by atoms with Crippen molar-refractivity contribution in [1.29, 1.82) is 0 Å². The van der Waals surface area contributed by atoms with Gasteiger partial charge in [0.2, 0.25) is 0 Å². The smallest absolute Gasteiger partial charge is 0.150 e. The van der Waals surface area contributed by atoms with Crippen LogP contribution in [0, 0.1) is 0 Å². The zero-order valence-electron chi connectivity index (χ0n) is 18.5. The van der Waals surface area contributed by atoms with Crippen LogP contribution in [-0.2, 0) is 6.42 Å². The summed E-state index contributed by atoms with van der Waals surface area (Å²) >= 11 is 0. The fourth-order valence-corrected chi connectivity index (χ4v) is 4.37. The average Bonchev–Trinajstić information content (AvgIpc) is 3.29. The fourth-order valence-electron chi connectivity index (χ4n) is 4.37. The molecular formula is C30H24N2O. The molecule has 33 heavy (non-hydrogen) atoms. The third kappa shape index (κ3) is 3.90. The summed E-state index contributed by atoms with van der Waals surface area (Å²) in [5.41, 5.74) is 9.21. The molecule has 0 saturated heterocycles. The first-order chi connectivity index (χ1) is 16.3. The van der Waals surface area contributed by atoms with Crippen molar-refractivity contribution < 1.29 is 4.79 Å². The van der Waals surface area contributed by atoms with Crippen LogP contribution in [0.2, 0.25) is 0 Å². The van der Waals surface area contributed by atoms with Crippen LogP contribution in [0.4, 0.5) is 0 Å². The van der Waals surface area contributed by atoms with Gasteiger partial charge >= 0.3 is 0 Å². The van der Waals surface area contributed by atoms with Gasteiger partial charge in [0.15, 0.2) is 0 Å². The Bertz CT molecular complexity index is 1400. The molecule has 4 aromatic carbocycles. The zero-order valence-corrected chi connectivity index (χ0v) is 18.5. The van der Waals surface area contributed by atoms with Gasteiger partial charge in [-0.05, 0) is 29.7 Å². The van der Waals surface area contributed by atoms with Gasteiger partial charge in [0, 0.05) is 22.3 Å².